The minimum absolute atomic E-state index is 0.0918. The topological polar surface area (TPSA) is 35.5 Å². The van der Waals surface area contributed by atoms with Crippen molar-refractivity contribution in [2.24, 2.45) is 0 Å². The Morgan fingerprint density at radius 1 is 0.844 bits per heavy atom. The Labute approximate surface area is 180 Å². The van der Waals surface area contributed by atoms with Crippen molar-refractivity contribution in [1.82, 2.24) is 0 Å². The lowest BCUT2D eigenvalue weighted by Crippen LogP contribution is -2.12. The van der Waals surface area contributed by atoms with Gasteiger partial charge in [0.15, 0.2) is 0 Å². The maximum atomic E-state index is 13.2. The average Bonchev–Trinajstić information content (AvgIpc) is 2.73. The predicted octanol–water partition coefficient (Wildman–Crippen LogP) is 6.61. The summed E-state index contributed by atoms with van der Waals surface area (Å²) in [5.74, 6) is -0.588. The monoisotopic (exact) mass is 456 g/mol. The molecule has 0 aromatic heterocycles. The molecule has 0 amide bonds. The molecule has 0 unspecified atom stereocenters. The minimum atomic E-state index is -4.94. The van der Waals surface area contributed by atoms with E-state index >= 15 is 0 Å². The van der Waals surface area contributed by atoms with Gasteiger partial charge in [0.1, 0.15) is 5.57 Å². The Kier molecular flexibility index (Phi) is 7.91. The highest BCUT2D eigenvalue weighted by Gasteiger charge is 2.37. The zero-order valence-corrected chi connectivity index (χ0v) is 16.9. The number of benzene rings is 2. The zero-order valence-electron chi connectivity index (χ0n) is 16.9. The highest BCUT2D eigenvalue weighted by atomic mass is 19.4. The van der Waals surface area contributed by atoms with Gasteiger partial charge in [0.2, 0.25) is 0 Å². The summed E-state index contributed by atoms with van der Waals surface area (Å²) >= 11 is 0. The third-order valence-electron chi connectivity index (χ3n) is 4.22. The fourth-order valence-electron chi connectivity index (χ4n) is 2.68. The SMILES string of the molecule is CO/C=C(/C(=O)OC)c1ccc(/C=C/C=C/c2ccc(C(F)(F)F)cc2C(F)(F)F)cc1. The number of halogens is 6. The third kappa shape index (κ3) is 6.50. The van der Waals surface area contributed by atoms with E-state index in [1.807, 2.05) is 0 Å². The Bertz CT molecular complexity index is 1030. The molecule has 2 rings (SSSR count). The number of carbonyl (C=O) groups excluding carboxylic acids is 1. The number of alkyl halides is 6. The molecule has 0 saturated heterocycles. The summed E-state index contributed by atoms with van der Waals surface area (Å²) in [6, 6.07) is 8.04. The first-order valence-corrected chi connectivity index (χ1v) is 9.02. The van der Waals surface area contributed by atoms with Gasteiger partial charge in [-0.25, -0.2) is 4.79 Å². The molecule has 0 heterocycles. The van der Waals surface area contributed by atoms with Gasteiger partial charge in [-0.1, -0.05) is 54.6 Å². The second kappa shape index (κ2) is 10.2. The van der Waals surface area contributed by atoms with Gasteiger partial charge in [-0.3, -0.25) is 0 Å². The van der Waals surface area contributed by atoms with Gasteiger partial charge in [0.05, 0.1) is 31.6 Å². The van der Waals surface area contributed by atoms with Gasteiger partial charge < -0.3 is 9.47 Å². The summed E-state index contributed by atoms with van der Waals surface area (Å²) in [7, 11) is 2.61. The summed E-state index contributed by atoms with van der Waals surface area (Å²) in [5, 5.41) is 0. The molecule has 2 aromatic carbocycles. The van der Waals surface area contributed by atoms with Crippen molar-refractivity contribution in [2.45, 2.75) is 12.4 Å². The van der Waals surface area contributed by atoms with Gasteiger partial charge in [0, 0.05) is 0 Å². The fraction of sp³-hybridized carbons (Fsp3) is 0.174. The molecular weight excluding hydrogens is 438 g/mol. The maximum absolute atomic E-state index is 13.2. The van der Waals surface area contributed by atoms with E-state index in [1.54, 1.807) is 30.3 Å². The van der Waals surface area contributed by atoms with Gasteiger partial charge in [-0.05, 0) is 28.8 Å². The molecule has 0 saturated carbocycles. The van der Waals surface area contributed by atoms with Crippen LogP contribution in [0.4, 0.5) is 26.3 Å². The Balaban J connectivity index is 2.22. The average molecular weight is 456 g/mol. The number of hydrogen-bond donors (Lipinski definition) is 0. The van der Waals surface area contributed by atoms with E-state index in [0.29, 0.717) is 17.2 Å². The van der Waals surface area contributed by atoms with Crippen molar-refractivity contribution in [3.63, 3.8) is 0 Å². The van der Waals surface area contributed by atoms with Crippen LogP contribution in [-0.4, -0.2) is 20.2 Å². The largest absolute Gasteiger partial charge is 0.503 e. The van der Waals surface area contributed by atoms with Gasteiger partial charge >= 0.3 is 18.3 Å². The molecule has 9 heteroatoms. The first-order chi connectivity index (χ1) is 15.0. The van der Waals surface area contributed by atoms with E-state index in [1.165, 1.54) is 32.6 Å². The van der Waals surface area contributed by atoms with Gasteiger partial charge in [-0.2, -0.15) is 26.3 Å². The Hall–Kier alpha value is -3.49. The number of allylic oxidation sites excluding steroid dienone is 2. The lowest BCUT2D eigenvalue weighted by molar-refractivity contribution is -0.143. The summed E-state index contributed by atoms with van der Waals surface area (Å²) < 4.78 is 87.2. The minimum Gasteiger partial charge on any atom is -0.503 e. The van der Waals surface area contributed by atoms with Crippen molar-refractivity contribution in [3.8, 4) is 0 Å². The number of rotatable bonds is 6. The number of esters is 1. The normalized spacial score (nSPS) is 13.1. The van der Waals surface area contributed by atoms with Crippen LogP contribution in [0.15, 0.2) is 60.9 Å². The first kappa shape index (κ1) is 24.8. The molecule has 0 atom stereocenters. The predicted molar refractivity (Wildman–Crippen MR) is 108 cm³/mol. The molecule has 3 nitrogen and oxygen atoms in total. The fourth-order valence-corrected chi connectivity index (χ4v) is 2.68. The number of carbonyl (C=O) groups is 1. The van der Waals surface area contributed by atoms with Crippen molar-refractivity contribution in [1.29, 1.82) is 0 Å². The summed E-state index contributed by atoms with van der Waals surface area (Å²) in [4.78, 5) is 11.8. The highest BCUT2D eigenvalue weighted by molar-refractivity contribution is 6.16. The molecule has 2 aromatic rings. The summed E-state index contributed by atoms with van der Waals surface area (Å²) in [6.45, 7) is 0. The first-order valence-electron chi connectivity index (χ1n) is 9.02. The van der Waals surface area contributed by atoms with Crippen molar-refractivity contribution < 1.29 is 40.6 Å². The molecule has 32 heavy (non-hydrogen) atoms. The summed E-state index contributed by atoms with van der Waals surface area (Å²) in [6.07, 6.45) is -3.19. The Morgan fingerprint density at radius 3 is 2.00 bits per heavy atom. The van der Waals surface area contributed by atoms with E-state index in [-0.39, 0.29) is 11.6 Å². The van der Waals surface area contributed by atoms with Crippen molar-refractivity contribution in [3.05, 3.63) is 88.7 Å². The Morgan fingerprint density at radius 2 is 1.47 bits per heavy atom. The highest BCUT2D eigenvalue weighted by Crippen LogP contribution is 2.37. The molecule has 0 bridgehead atoms. The smallest absolute Gasteiger partial charge is 0.417 e. The van der Waals surface area contributed by atoms with Crippen LogP contribution in [0.3, 0.4) is 0 Å². The maximum Gasteiger partial charge on any atom is 0.417 e. The second-order valence-corrected chi connectivity index (χ2v) is 6.40. The van der Waals surface area contributed by atoms with Crippen LogP contribution in [0.2, 0.25) is 0 Å². The van der Waals surface area contributed by atoms with Crippen LogP contribution < -0.4 is 0 Å². The van der Waals surface area contributed by atoms with E-state index in [4.69, 9.17) is 4.74 Å². The van der Waals surface area contributed by atoms with Crippen LogP contribution in [0, 0.1) is 0 Å². The zero-order chi connectivity index (χ0) is 23.9. The molecular formula is C23H18F6O3. The van der Waals surface area contributed by atoms with E-state index in [2.05, 4.69) is 4.74 Å². The van der Waals surface area contributed by atoms with Crippen molar-refractivity contribution in [2.75, 3.05) is 14.2 Å². The van der Waals surface area contributed by atoms with Crippen LogP contribution in [-0.2, 0) is 26.6 Å². The number of methoxy groups -OCH3 is 2. The number of hydrogen-bond acceptors (Lipinski definition) is 3. The van der Waals surface area contributed by atoms with Crippen molar-refractivity contribution >= 4 is 23.7 Å². The van der Waals surface area contributed by atoms with Crippen LogP contribution in [0.1, 0.15) is 27.8 Å². The second-order valence-electron chi connectivity index (χ2n) is 6.40. The molecule has 0 fully saturated rings. The van der Waals surface area contributed by atoms with E-state index in [0.717, 1.165) is 12.1 Å². The quantitative estimate of drug-likeness (QED) is 0.161. The van der Waals surface area contributed by atoms with Crippen LogP contribution >= 0.6 is 0 Å². The van der Waals surface area contributed by atoms with E-state index < -0.39 is 35.0 Å². The molecule has 0 aliphatic heterocycles. The van der Waals surface area contributed by atoms with Gasteiger partial charge in [-0.15, -0.1) is 0 Å². The third-order valence-corrected chi connectivity index (χ3v) is 4.22. The lowest BCUT2D eigenvalue weighted by atomic mass is 10.0. The molecule has 0 aliphatic rings. The molecule has 0 aliphatic carbocycles. The molecule has 0 N–H and O–H groups in total. The molecule has 0 radical (unpaired) electrons. The van der Waals surface area contributed by atoms with E-state index in [9.17, 15) is 31.1 Å². The molecule has 170 valence electrons. The lowest BCUT2D eigenvalue weighted by Gasteiger charge is -2.14. The number of ether oxygens (including phenoxy) is 2. The van der Waals surface area contributed by atoms with Gasteiger partial charge in [0.25, 0.3) is 0 Å². The molecule has 0 spiro atoms. The van der Waals surface area contributed by atoms with Crippen LogP contribution in [0.25, 0.3) is 17.7 Å². The summed E-state index contributed by atoms with van der Waals surface area (Å²) in [5.41, 5.74) is -1.73. The standard InChI is InChI=1S/C23H18F6O3/c1-31-14-19(21(30)32-2)16-9-7-15(8-10-16)5-3-4-6-17-11-12-18(22(24,25)26)13-20(17)23(27,28)29/h3-14H,1-2H3/b5-3+,6-4+,19-14+. The van der Waals surface area contributed by atoms with Crippen LogP contribution in [0.5, 0.6) is 0 Å².